The van der Waals surface area contributed by atoms with Gasteiger partial charge in [-0.25, -0.2) is 8.42 Å². The third-order valence-corrected chi connectivity index (χ3v) is 7.57. The van der Waals surface area contributed by atoms with E-state index in [9.17, 15) is 18.0 Å². The fourth-order valence-electron chi connectivity index (χ4n) is 4.04. The molecule has 1 unspecified atom stereocenters. The Bertz CT molecular complexity index is 1130. The van der Waals surface area contributed by atoms with Crippen LogP contribution < -0.4 is 9.62 Å². The van der Waals surface area contributed by atoms with Gasteiger partial charge in [0.05, 0.1) is 11.9 Å². The van der Waals surface area contributed by atoms with Crippen LogP contribution in [0.15, 0.2) is 36.4 Å². The number of likely N-dealkylation sites (N-methyl/N-ethyl adjacent to an activating group) is 1. The molecule has 0 aliphatic carbocycles. The topological polar surface area (TPSA) is 86.8 Å². The first-order chi connectivity index (χ1) is 16.4. The number of anilines is 1. The molecule has 0 saturated carbocycles. The Labute approximate surface area is 218 Å². The Kier molecular flexibility index (Phi) is 10.4. The quantitative estimate of drug-likeness (QED) is 0.446. The summed E-state index contributed by atoms with van der Waals surface area (Å²) in [5, 5.41) is 3.41. The highest BCUT2D eigenvalue weighted by Gasteiger charge is 2.29. The van der Waals surface area contributed by atoms with Crippen molar-refractivity contribution >= 4 is 50.7 Å². The van der Waals surface area contributed by atoms with Crippen molar-refractivity contribution < 1.29 is 18.0 Å². The second-order valence-corrected chi connectivity index (χ2v) is 11.3. The number of carbonyl (C=O) groups is 2. The van der Waals surface area contributed by atoms with Crippen molar-refractivity contribution in [3.8, 4) is 0 Å². The molecule has 10 heteroatoms. The predicted octanol–water partition coefficient (Wildman–Crippen LogP) is 4.71. The Morgan fingerprint density at radius 3 is 2.11 bits per heavy atom. The average Bonchev–Trinajstić information content (AvgIpc) is 2.76. The van der Waals surface area contributed by atoms with Crippen LogP contribution in [0.4, 0.5) is 5.69 Å². The van der Waals surface area contributed by atoms with Crippen LogP contribution in [0.2, 0.25) is 10.0 Å². The lowest BCUT2D eigenvalue weighted by atomic mass is 10.1. The zero-order valence-electron chi connectivity index (χ0n) is 20.8. The molecule has 2 rings (SSSR count). The van der Waals surface area contributed by atoms with Gasteiger partial charge in [0.15, 0.2) is 0 Å². The van der Waals surface area contributed by atoms with Gasteiger partial charge in [0.1, 0.15) is 6.04 Å². The van der Waals surface area contributed by atoms with Gasteiger partial charge >= 0.3 is 0 Å². The molecule has 0 aliphatic rings. The maximum atomic E-state index is 13.4. The van der Waals surface area contributed by atoms with E-state index in [1.165, 1.54) is 16.3 Å². The zero-order chi connectivity index (χ0) is 26.3. The van der Waals surface area contributed by atoms with Crippen LogP contribution in [0.25, 0.3) is 0 Å². The largest absolute Gasteiger partial charge is 0.357 e. The lowest BCUT2D eigenvalue weighted by Crippen LogP contribution is -2.48. The van der Waals surface area contributed by atoms with E-state index in [0.717, 1.165) is 17.4 Å². The fraction of sp³-hybridized carbons (Fsp3) is 0.440. The molecule has 0 aromatic heterocycles. The van der Waals surface area contributed by atoms with Gasteiger partial charge in [-0.2, -0.15) is 0 Å². The first-order valence-corrected chi connectivity index (χ1v) is 14.0. The molecule has 0 bridgehead atoms. The number of nitrogens with one attached hydrogen (secondary N) is 1. The molecular weight excluding hydrogens is 509 g/mol. The van der Waals surface area contributed by atoms with Crippen molar-refractivity contribution in [3.05, 3.63) is 63.1 Å². The van der Waals surface area contributed by atoms with Crippen molar-refractivity contribution in [2.45, 2.75) is 52.6 Å². The van der Waals surface area contributed by atoms with Crippen LogP contribution in [0.3, 0.4) is 0 Å². The van der Waals surface area contributed by atoms with Crippen LogP contribution >= 0.6 is 23.2 Å². The minimum absolute atomic E-state index is 0.0480. The summed E-state index contributed by atoms with van der Waals surface area (Å²) in [6.07, 6.45) is 1.87. The lowest BCUT2D eigenvalue weighted by Gasteiger charge is -2.31. The molecule has 0 saturated heterocycles. The molecule has 7 nitrogen and oxygen atoms in total. The summed E-state index contributed by atoms with van der Waals surface area (Å²) < 4.78 is 26.3. The highest BCUT2D eigenvalue weighted by molar-refractivity contribution is 7.92. The monoisotopic (exact) mass is 541 g/mol. The van der Waals surface area contributed by atoms with E-state index >= 15 is 0 Å². The molecule has 2 aromatic rings. The molecule has 0 heterocycles. The lowest BCUT2D eigenvalue weighted by molar-refractivity contribution is -0.141. The first kappa shape index (κ1) is 28.9. The molecule has 192 valence electrons. The first-order valence-electron chi connectivity index (χ1n) is 11.4. The SMILES string of the molecule is CCC(C(=O)NC)N(Cc1c(Cl)cccc1Cl)C(=O)CCCN(c1cc(C)cc(C)c1)S(C)(=O)=O. The normalized spacial score (nSPS) is 12.2. The van der Waals surface area contributed by atoms with Crippen molar-refractivity contribution in [1.29, 1.82) is 0 Å². The van der Waals surface area contributed by atoms with Gasteiger partial charge in [0, 0.05) is 42.2 Å². The third-order valence-electron chi connectivity index (χ3n) is 5.67. The number of amides is 2. The summed E-state index contributed by atoms with van der Waals surface area (Å²) in [5.41, 5.74) is 3.02. The minimum atomic E-state index is -3.56. The Balaban J connectivity index is 2.27. The number of hydrogen-bond donors (Lipinski definition) is 1. The Morgan fingerprint density at radius 1 is 1.06 bits per heavy atom. The number of sulfonamides is 1. The van der Waals surface area contributed by atoms with Crippen molar-refractivity contribution in [3.63, 3.8) is 0 Å². The average molecular weight is 543 g/mol. The Hall–Kier alpha value is -2.29. The van der Waals surface area contributed by atoms with Gasteiger partial charge < -0.3 is 10.2 Å². The number of nitrogens with zero attached hydrogens (tertiary/aromatic N) is 2. The molecule has 35 heavy (non-hydrogen) atoms. The number of benzene rings is 2. The molecule has 1 atom stereocenters. The van der Waals surface area contributed by atoms with E-state index in [0.29, 0.717) is 27.7 Å². The van der Waals surface area contributed by atoms with Gasteiger partial charge in [-0.3, -0.25) is 13.9 Å². The van der Waals surface area contributed by atoms with Crippen molar-refractivity contribution in [2.24, 2.45) is 0 Å². The van der Waals surface area contributed by atoms with Crippen LogP contribution in [-0.2, 0) is 26.2 Å². The van der Waals surface area contributed by atoms with Crippen LogP contribution in [0.5, 0.6) is 0 Å². The van der Waals surface area contributed by atoms with Gasteiger partial charge in [-0.05, 0) is 62.1 Å². The predicted molar refractivity (Wildman–Crippen MR) is 142 cm³/mol. The summed E-state index contributed by atoms with van der Waals surface area (Å²) in [5.74, 6) is -0.581. The summed E-state index contributed by atoms with van der Waals surface area (Å²) >= 11 is 12.7. The number of hydrogen-bond acceptors (Lipinski definition) is 4. The summed E-state index contributed by atoms with van der Waals surface area (Å²) in [6, 6.07) is 9.93. The van der Waals surface area contributed by atoms with E-state index in [1.54, 1.807) is 30.3 Å². The number of aryl methyl sites for hydroxylation is 2. The number of rotatable bonds is 11. The van der Waals surface area contributed by atoms with Crippen LogP contribution in [0, 0.1) is 13.8 Å². The molecule has 0 spiro atoms. The molecule has 1 N–H and O–H groups in total. The number of carbonyl (C=O) groups excluding carboxylic acids is 2. The van der Waals surface area contributed by atoms with Crippen molar-refractivity contribution in [1.82, 2.24) is 10.2 Å². The van der Waals surface area contributed by atoms with Gasteiger partial charge in [-0.1, -0.05) is 42.3 Å². The summed E-state index contributed by atoms with van der Waals surface area (Å²) in [6.45, 7) is 5.82. The second kappa shape index (κ2) is 12.6. The van der Waals surface area contributed by atoms with E-state index in [1.807, 2.05) is 26.8 Å². The maximum absolute atomic E-state index is 13.4. The van der Waals surface area contributed by atoms with Gasteiger partial charge in [-0.15, -0.1) is 0 Å². The van der Waals surface area contributed by atoms with E-state index in [4.69, 9.17) is 23.2 Å². The molecule has 0 aliphatic heterocycles. The highest BCUT2D eigenvalue weighted by atomic mass is 35.5. The second-order valence-electron chi connectivity index (χ2n) is 8.54. The van der Waals surface area contributed by atoms with Gasteiger partial charge in [0.2, 0.25) is 21.8 Å². The number of halogens is 2. The molecule has 0 fully saturated rings. The summed E-state index contributed by atoms with van der Waals surface area (Å²) in [4.78, 5) is 27.4. The Morgan fingerprint density at radius 2 is 1.63 bits per heavy atom. The smallest absolute Gasteiger partial charge is 0.242 e. The fourth-order valence-corrected chi connectivity index (χ4v) is 5.50. The molecule has 0 radical (unpaired) electrons. The maximum Gasteiger partial charge on any atom is 0.242 e. The molecule has 2 aromatic carbocycles. The minimum Gasteiger partial charge on any atom is -0.357 e. The van der Waals surface area contributed by atoms with Gasteiger partial charge in [0.25, 0.3) is 0 Å². The van der Waals surface area contributed by atoms with E-state index in [-0.39, 0.29) is 37.7 Å². The van der Waals surface area contributed by atoms with E-state index in [2.05, 4.69) is 5.32 Å². The highest BCUT2D eigenvalue weighted by Crippen LogP contribution is 2.28. The molecule has 2 amide bonds. The standard InChI is InChI=1S/C25H33Cl2N3O4S/c1-6-23(25(32)28-4)29(16-20-21(26)9-7-10-22(20)27)24(31)11-8-12-30(35(5,33)34)19-14-17(2)13-18(3)15-19/h7,9-10,13-15,23H,6,8,11-12,16H2,1-5H3,(H,28,32). The molecular formula is C25H33Cl2N3O4S. The summed E-state index contributed by atoms with van der Waals surface area (Å²) in [7, 11) is -2.04. The zero-order valence-corrected chi connectivity index (χ0v) is 23.1. The van der Waals surface area contributed by atoms with Crippen molar-refractivity contribution in [2.75, 3.05) is 24.2 Å². The van der Waals surface area contributed by atoms with E-state index < -0.39 is 16.1 Å². The van der Waals surface area contributed by atoms with Crippen LogP contribution in [0.1, 0.15) is 42.9 Å². The van der Waals surface area contributed by atoms with Crippen LogP contribution in [-0.4, -0.2) is 51.0 Å². The third kappa shape index (κ3) is 7.85.